The molecular formula is C14H16N2O. The number of nitrogens with zero attached hydrogens (tertiary/aromatic N) is 1. The van der Waals surface area contributed by atoms with Gasteiger partial charge in [-0.3, -0.25) is 0 Å². The molecule has 0 aliphatic heterocycles. The summed E-state index contributed by atoms with van der Waals surface area (Å²) < 4.78 is 5.41. The highest BCUT2D eigenvalue weighted by Crippen LogP contribution is 2.52. The van der Waals surface area contributed by atoms with Crippen LogP contribution in [0.3, 0.4) is 0 Å². The van der Waals surface area contributed by atoms with E-state index in [-0.39, 0.29) is 11.5 Å². The molecule has 0 radical (unpaired) electrons. The van der Waals surface area contributed by atoms with Gasteiger partial charge in [-0.15, -0.1) is 0 Å². The Hall–Kier alpha value is -1.61. The first-order valence-electron chi connectivity index (χ1n) is 5.99. The van der Waals surface area contributed by atoms with E-state index in [9.17, 15) is 0 Å². The van der Waals surface area contributed by atoms with Crippen molar-refractivity contribution in [2.45, 2.75) is 31.2 Å². The molecule has 1 aliphatic rings. The van der Waals surface area contributed by atoms with Crippen LogP contribution in [0, 0.1) is 0 Å². The summed E-state index contributed by atoms with van der Waals surface area (Å²) in [6.45, 7) is 2.08. The van der Waals surface area contributed by atoms with Crippen LogP contribution in [-0.2, 0) is 5.41 Å². The summed E-state index contributed by atoms with van der Waals surface area (Å²) in [7, 11) is 0. The zero-order chi connectivity index (χ0) is 11.9. The number of aromatic nitrogens is 1. The molecule has 1 aliphatic carbocycles. The molecule has 1 fully saturated rings. The van der Waals surface area contributed by atoms with Crippen molar-refractivity contribution in [3.63, 3.8) is 0 Å². The van der Waals surface area contributed by atoms with Gasteiger partial charge in [-0.05, 0) is 31.4 Å². The Morgan fingerprint density at radius 1 is 1.35 bits per heavy atom. The van der Waals surface area contributed by atoms with Gasteiger partial charge in [0.1, 0.15) is 6.26 Å². The van der Waals surface area contributed by atoms with E-state index in [1.54, 1.807) is 12.5 Å². The quantitative estimate of drug-likeness (QED) is 0.878. The Kier molecular flexibility index (Phi) is 2.30. The Morgan fingerprint density at radius 3 is 2.71 bits per heavy atom. The van der Waals surface area contributed by atoms with Crippen LogP contribution < -0.4 is 5.73 Å². The summed E-state index contributed by atoms with van der Waals surface area (Å²) in [6.07, 6.45) is 5.60. The van der Waals surface area contributed by atoms with E-state index < -0.39 is 0 Å². The van der Waals surface area contributed by atoms with Crippen molar-refractivity contribution in [3.8, 4) is 11.5 Å². The number of hydrogen-bond donors (Lipinski definition) is 1. The van der Waals surface area contributed by atoms with E-state index >= 15 is 0 Å². The molecule has 0 saturated heterocycles. The van der Waals surface area contributed by atoms with Gasteiger partial charge < -0.3 is 10.2 Å². The van der Waals surface area contributed by atoms with Gasteiger partial charge in [0.25, 0.3) is 0 Å². The van der Waals surface area contributed by atoms with Crippen molar-refractivity contribution in [2.24, 2.45) is 5.73 Å². The number of hydrogen-bond acceptors (Lipinski definition) is 3. The maximum absolute atomic E-state index is 6.14. The molecule has 1 unspecified atom stereocenters. The van der Waals surface area contributed by atoms with E-state index in [4.69, 9.17) is 10.2 Å². The highest BCUT2D eigenvalue weighted by atomic mass is 16.3. The molecule has 1 saturated carbocycles. The van der Waals surface area contributed by atoms with Crippen molar-refractivity contribution in [1.82, 2.24) is 4.98 Å². The van der Waals surface area contributed by atoms with Gasteiger partial charge in [0.2, 0.25) is 5.89 Å². The predicted octanol–water partition coefficient (Wildman–Crippen LogP) is 2.72. The van der Waals surface area contributed by atoms with Crippen molar-refractivity contribution in [2.75, 3.05) is 0 Å². The summed E-state index contributed by atoms with van der Waals surface area (Å²) in [5.74, 6) is 0.688. The number of benzene rings is 1. The Bertz CT molecular complexity index is 513. The Balaban J connectivity index is 2.12. The SMILES string of the molecule is CC(N)C1(c2ccccc2-c2ncco2)CC1. The van der Waals surface area contributed by atoms with Crippen LogP contribution in [0.1, 0.15) is 25.3 Å². The third-order valence-corrected chi connectivity index (χ3v) is 3.79. The Labute approximate surface area is 101 Å². The third-order valence-electron chi connectivity index (χ3n) is 3.79. The largest absolute Gasteiger partial charge is 0.445 e. The first-order valence-corrected chi connectivity index (χ1v) is 5.99. The highest BCUT2D eigenvalue weighted by Gasteiger charge is 2.48. The second-order valence-electron chi connectivity index (χ2n) is 4.83. The lowest BCUT2D eigenvalue weighted by Gasteiger charge is -2.22. The van der Waals surface area contributed by atoms with E-state index in [0.29, 0.717) is 5.89 Å². The maximum Gasteiger partial charge on any atom is 0.226 e. The zero-order valence-electron chi connectivity index (χ0n) is 9.89. The minimum Gasteiger partial charge on any atom is -0.445 e. The summed E-state index contributed by atoms with van der Waals surface area (Å²) in [4.78, 5) is 4.24. The van der Waals surface area contributed by atoms with E-state index in [0.717, 1.165) is 18.4 Å². The zero-order valence-corrected chi connectivity index (χ0v) is 9.89. The first-order chi connectivity index (χ1) is 8.24. The van der Waals surface area contributed by atoms with E-state index in [2.05, 4.69) is 30.1 Å². The normalized spacial score (nSPS) is 18.9. The smallest absolute Gasteiger partial charge is 0.226 e. The summed E-state index contributed by atoms with van der Waals surface area (Å²) in [6, 6.07) is 8.45. The van der Waals surface area contributed by atoms with Crippen LogP contribution in [0.4, 0.5) is 0 Å². The summed E-state index contributed by atoms with van der Waals surface area (Å²) in [5.41, 5.74) is 8.62. The molecule has 0 amide bonds. The van der Waals surface area contributed by atoms with Crippen LogP contribution in [0.5, 0.6) is 0 Å². The molecule has 3 heteroatoms. The maximum atomic E-state index is 6.14. The molecule has 2 N–H and O–H groups in total. The number of rotatable bonds is 3. The van der Waals surface area contributed by atoms with Crippen molar-refractivity contribution < 1.29 is 4.42 Å². The van der Waals surface area contributed by atoms with Crippen LogP contribution in [0.2, 0.25) is 0 Å². The number of nitrogens with two attached hydrogens (primary N) is 1. The minimum absolute atomic E-state index is 0.130. The predicted molar refractivity (Wildman–Crippen MR) is 66.5 cm³/mol. The van der Waals surface area contributed by atoms with Gasteiger partial charge >= 0.3 is 0 Å². The highest BCUT2D eigenvalue weighted by molar-refractivity contribution is 5.62. The fourth-order valence-corrected chi connectivity index (χ4v) is 2.56. The van der Waals surface area contributed by atoms with Gasteiger partial charge in [-0.25, -0.2) is 4.98 Å². The molecule has 1 aromatic heterocycles. The monoisotopic (exact) mass is 228 g/mol. The van der Waals surface area contributed by atoms with Crippen LogP contribution in [-0.4, -0.2) is 11.0 Å². The van der Waals surface area contributed by atoms with E-state index in [1.165, 1.54) is 5.56 Å². The summed E-state index contributed by atoms with van der Waals surface area (Å²) in [5, 5.41) is 0. The van der Waals surface area contributed by atoms with Crippen molar-refractivity contribution in [1.29, 1.82) is 0 Å². The van der Waals surface area contributed by atoms with Gasteiger partial charge in [-0.1, -0.05) is 18.2 Å². The van der Waals surface area contributed by atoms with Gasteiger partial charge in [-0.2, -0.15) is 0 Å². The Morgan fingerprint density at radius 2 is 2.12 bits per heavy atom. The fraction of sp³-hybridized carbons (Fsp3) is 0.357. The molecule has 0 bridgehead atoms. The van der Waals surface area contributed by atoms with Crippen molar-refractivity contribution >= 4 is 0 Å². The van der Waals surface area contributed by atoms with Gasteiger partial charge in [0.15, 0.2) is 0 Å². The lowest BCUT2D eigenvalue weighted by molar-refractivity contribution is 0.547. The standard InChI is InChI=1S/C14H16N2O/c1-10(15)14(6-7-14)12-5-3-2-4-11(12)13-16-8-9-17-13/h2-5,8-10H,6-7,15H2,1H3. The average molecular weight is 228 g/mol. The molecule has 3 nitrogen and oxygen atoms in total. The second kappa shape index (κ2) is 3.70. The fourth-order valence-electron chi connectivity index (χ4n) is 2.56. The molecule has 1 aromatic carbocycles. The summed E-state index contributed by atoms with van der Waals surface area (Å²) >= 11 is 0. The van der Waals surface area contributed by atoms with Crippen molar-refractivity contribution in [3.05, 3.63) is 42.3 Å². The first kappa shape index (κ1) is 10.5. The molecule has 88 valence electrons. The average Bonchev–Trinajstić information content (AvgIpc) is 2.98. The number of oxazole rings is 1. The molecule has 0 spiro atoms. The lowest BCUT2D eigenvalue weighted by atomic mass is 9.86. The van der Waals surface area contributed by atoms with Crippen LogP contribution in [0.25, 0.3) is 11.5 Å². The van der Waals surface area contributed by atoms with E-state index in [1.807, 2.05) is 6.07 Å². The molecule has 1 atom stereocenters. The lowest BCUT2D eigenvalue weighted by Crippen LogP contribution is -2.32. The van der Waals surface area contributed by atoms with Crippen LogP contribution >= 0.6 is 0 Å². The third kappa shape index (κ3) is 1.58. The molecule has 17 heavy (non-hydrogen) atoms. The molecule has 1 heterocycles. The minimum atomic E-state index is 0.130. The van der Waals surface area contributed by atoms with Gasteiger partial charge in [0, 0.05) is 17.0 Å². The van der Waals surface area contributed by atoms with Gasteiger partial charge in [0.05, 0.1) is 6.20 Å². The molecule has 3 rings (SSSR count). The molecular weight excluding hydrogens is 212 g/mol. The molecule has 2 aromatic rings. The second-order valence-corrected chi connectivity index (χ2v) is 4.83. The topological polar surface area (TPSA) is 52.0 Å². The van der Waals surface area contributed by atoms with Crippen LogP contribution in [0.15, 0.2) is 41.1 Å².